The van der Waals surface area contributed by atoms with Crippen LogP contribution in [0.2, 0.25) is 0 Å². The summed E-state index contributed by atoms with van der Waals surface area (Å²) < 4.78 is 0. The van der Waals surface area contributed by atoms with Gasteiger partial charge in [0.15, 0.2) is 0 Å². The van der Waals surface area contributed by atoms with Gasteiger partial charge in [0.25, 0.3) is 0 Å². The van der Waals surface area contributed by atoms with E-state index in [0.717, 1.165) is 42.9 Å². The lowest BCUT2D eigenvalue weighted by molar-refractivity contribution is -0.117. The minimum atomic E-state index is -0.362. The number of carbonyl (C=O) groups is 1. The second-order valence-corrected chi connectivity index (χ2v) is 7.47. The first-order valence-corrected chi connectivity index (χ1v) is 10.0. The molecule has 3 N–H and O–H groups in total. The topological polar surface area (TPSA) is 109 Å². The number of para-hydroxylation sites is 1. The Balaban J connectivity index is 1.35. The van der Waals surface area contributed by atoms with Gasteiger partial charge in [-0.1, -0.05) is 18.2 Å². The first-order chi connectivity index (χ1) is 14.6. The molecule has 2 heterocycles. The number of fused-ring (bicyclic) bond motifs is 1. The van der Waals surface area contributed by atoms with Crippen LogP contribution >= 0.6 is 0 Å². The van der Waals surface area contributed by atoms with Crippen molar-refractivity contribution in [1.29, 1.82) is 0 Å². The molecule has 0 atom stereocenters. The van der Waals surface area contributed by atoms with Crippen molar-refractivity contribution in [3.8, 4) is 11.1 Å². The first kappa shape index (κ1) is 19.8. The molecule has 1 aliphatic carbocycles. The summed E-state index contributed by atoms with van der Waals surface area (Å²) in [6.07, 6.45) is 5.23. The van der Waals surface area contributed by atoms with Crippen LogP contribution in [0.5, 0.6) is 0 Å². The van der Waals surface area contributed by atoms with Gasteiger partial charge in [0.2, 0.25) is 11.3 Å². The normalized spacial score (nSPS) is 15.1. The zero-order valence-corrected chi connectivity index (χ0v) is 16.5. The zero-order valence-electron chi connectivity index (χ0n) is 16.5. The zero-order chi connectivity index (χ0) is 20.9. The maximum absolute atomic E-state index is 12.3. The number of benzene rings is 2. The van der Waals surface area contributed by atoms with Crippen LogP contribution in [0.3, 0.4) is 0 Å². The number of hydrogen-bond donors (Lipinski definition) is 3. The van der Waals surface area contributed by atoms with Crippen LogP contribution in [0.25, 0.3) is 11.1 Å². The molecule has 1 saturated heterocycles. The number of likely N-dealkylation sites (tertiary alicyclic amines) is 1. The highest BCUT2D eigenvalue weighted by Gasteiger charge is 2.22. The van der Waals surface area contributed by atoms with Gasteiger partial charge in [-0.3, -0.25) is 9.69 Å². The van der Waals surface area contributed by atoms with Gasteiger partial charge >= 0.3 is 0 Å². The number of hydrogen-bond acceptors (Lipinski definition) is 5. The van der Waals surface area contributed by atoms with Crippen molar-refractivity contribution >= 4 is 17.3 Å². The molecule has 4 rings (SSSR count). The van der Waals surface area contributed by atoms with Gasteiger partial charge in [-0.2, -0.15) is 4.90 Å². The molecule has 0 bridgehead atoms. The third kappa shape index (κ3) is 4.55. The summed E-state index contributed by atoms with van der Waals surface area (Å²) in [7, 11) is 0. The largest absolute Gasteiger partial charge is 0.612 e. The van der Waals surface area contributed by atoms with Crippen LogP contribution in [0.15, 0.2) is 60.9 Å². The van der Waals surface area contributed by atoms with Gasteiger partial charge in [0.05, 0.1) is 12.1 Å². The third-order valence-electron chi connectivity index (χ3n) is 5.41. The summed E-state index contributed by atoms with van der Waals surface area (Å²) in [5.74, 6) is -0.00905. The van der Waals surface area contributed by atoms with E-state index in [-0.39, 0.29) is 22.2 Å². The molecule has 2 aliphatic heterocycles. The molecular formula is C22H24N5O3-. The number of nitrogens with one attached hydrogen (secondary N) is 3. The van der Waals surface area contributed by atoms with E-state index in [1.54, 1.807) is 24.5 Å². The average molecular weight is 406 g/mol. The number of nitrogens with zero attached hydrogens (tertiary/aromatic N) is 2. The minimum Gasteiger partial charge on any atom is -0.612 e. The molecule has 1 amide bonds. The Bertz CT molecular complexity index is 1040. The summed E-state index contributed by atoms with van der Waals surface area (Å²) >= 11 is 0. The predicted molar refractivity (Wildman–Crippen MR) is 118 cm³/mol. The van der Waals surface area contributed by atoms with Crippen molar-refractivity contribution in [2.45, 2.75) is 18.9 Å². The number of carbonyl (C=O) groups excluding carboxylic acids is 1. The first-order valence-electron chi connectivity index (χ1n) is 10.0. The number of anilines is 2. The second-order valence-electron chi connectivity index (χ2n) is 7.47. The Hall–Kier alpha value is -3.52. The summed E-state index contributed by atoms with van der Waals surface area (Å²) in [6.45, 7) is 2.01. The molecule has 0 saturated carbocycles. The van der Waals surface area contributed by atoms with E-state index in [1.165, 1.54) is 0 Å². The summed E-state index contributed by atoms with van der Waals surface area (Å²) in [4.78, 5) is 17.0. The van der Waals surface area contributed by atoms with Gasteiger partial charge in [0, 0.05) is 54.5 Å². The van der Waals surface area contributed by atoms with Crippen LogP contribution in [0, 0.1) is 10.4 Å². The fourth-order valence-corrected chi connectivity index (χ4v) is 3.88. The van der Waals surface area contributed by atoms with Gasteiger partial charge in [-0.05, 0) is 37.1 Å². The van der Waals surface area contributed by atoms with Gasteiger partial charge < -0.3 is 26.0 Å². The number of piperidine rings is 1. The Morgan fingerprint density at radius 1 is 1.07 bits per heavy atom. The quantitative estimate of drug-likeness (QED) is 0.564. The molecule has 30 heavy (non-hydrogen) atoms. The summed E-state index contributed by atoms with van der Waals surface area (Å²) in [5, 5.41) is 29.1. The van der Waals surface area contributed by atoms with E-state index < -0.39 is 0 Å². The Labute approximate surface area is 174 Å². The summed E-state index contributed by atoms with van der Waals surface area (Å²) in [6, 6.07) is 14.9. The summed E-state index contributed by atoms with van der Waals surface area (Å²) in [5.41, 5.74) is 3.11. The Morgan fingerprint density at radius 2 is 1.83 bits per heavy atom. The minimum absolute atomic E-state index is 0.00905. The van der Waals surface area contributed by atoms with Gasteiger partial charge in [-0.25, -0.2) is 0 Å². The van der Waals surface area contributed by atoms with Crippen molar-refractivity contribution in [3.63, 3.8) is 0 Å². The molecule has 1 fully saturated rings. The lowest BCUT2D eigenvalue weighted by Crippen LogP contribution is -2.42. The van der Waals surface area contributed by atoms with E-state index in [1.807, 2.05) is 36.4 Å². The van der Waals surface area contributed by atoms with E-state index in [9.17, 15) is 15.2 Å². The monoisotopic (exact) mass is 406 g/mol. The van der Waals surface area contributed by atoms with E-state index in [4.69, 9.17) is 0 Å². The van der Waals surface area contributed by atoms with Crippen LogP contribution in [-0.2, 0) is 4.79 Å². The highest BCUT2D eigenvalue weighted by Crippen LogP contribution is 2.27. The average Bonchev–Trinajstić information content (AvgIpc) is 2.76. The number of aromatic nitrogens is 1. The number of pyridine rings is 1. The fourth-order valence-electron chi connectivity index (χ4n) is 3.88. The Morgan fingerprint density at radius 3 is 2.57 bits per heavy atom. The molecule has 1 aromatic carbocycles. The number of H-pyrrole nitrogens is 1. The molecule has 8 nitrogen and oxygen atoms in total. The van der Waals surface area contributed by atoms with Crippen LogP contribution in [-0.4, -0.2) is 41.5 Å². The molecule has 0 radical (unpaired) electrons. The SMILES string of the molecule is O=C(CN1CCC(Nc2ccc(=[N+]([O-])[O-])c3c[nH]ccc2-3)CC1)Nc1ccccc1. The lowest BCUT2D eigenvalue weighted by atomic mass is 10.00. The van der Waals surface area contributed by atoms with E-state index >= 15 is 0 Å². The van der Waals surface area contributed by atoms with E-state index in [2.05, 4.69) is 20.5 Å². The van der Waals surface area contributed by atoms with Gasteiger partial charge in [-0.15, -0.1) is 0 Å². The molecule has 1 aromatic rings. The molecule has 0 spiro atoms. The second kappa shape index (κ2) is 8.87. The fraction of sp³-hybridized carbons (Fsp3) is 0.273. The molecular weight excluding hydrogens is 382 g/mol. The van der Waals surface area contributed by atoms with Crippen LogP contribution in [0.4, 0.5) is 11.4 Å². The van der Waals surface area contributed by atoms with Crippen molar-refractivity contribution in [1.82, 2.24) is 14.8 Å². The molecule has 156 valence electrons. The third-order valence-corrected chi connectivity index (χ3v) is 5.41. The number of rotatable bonds is 5. The van der Waals surface area contributed by atoms with Crippen molar-refractivity contribution in [2.24, 2.45) is 0 Å². The maximum atomic E-state index is 12.3. The van der Waals surface area contributed by atoms with E-state index in [0.29, 0.717) is 12.1 Å². The Kier molecular flexibility index (Phi) is 5.85. The predicted octanol–water partition coefficient (Wildman–Crippen LogP) is 2.40. The highest BCUT2D eigenvalue weighted by molar-refractivity contribution is 5.92. The van der Waals surface area contributed by atoms with Crippen molar-refractivity contribution in [2.75, 3.05) is 30.3 Å². The molecule has 0 unspecified atom stereocenters. The number of aromatic amines is 1. The lowest BCUT2D eigenvalue weighted by Gasteiger charge is -2.32. The standard InChI is InChI=1S/C22H24N5O3/c28-22(25-16-4-2-1-3-5-16)15-26-12-9-17(10-13-26)24-20-6-7-21(27(29)30)19-14-23-11-8-18(19)20/h1-8,11,14,17,23-24H,9-10,12-13,15H2,(H-,25,28,29,30)/q-1. The van der Waals surface area contributed by atoms with Crippen molar-refractivity contribution < 1.29 is 4.79 Å². The molecule has 0 aromatic heterocycles. The smallest absolute Gasteiger partial charge is 0.238 e. The van der Waals surface area contributed by atoms with Gasteiger partial charge in [0.1, 0.15) is 0 Å². The number of amides is 1. The molecule has 8 heteroatoms. The van der Waals surface area contributed by atoms with Crippen LogP contribution < -0.4 is 20.9 Å². The maximum Gasteiger partial charge on any atom is 0.238 e. The molecule has 3 aliphatic rings. The van der Waals surface area contributed by atoms with Crippen molar-refractivity contribution in [3.05, 3.63) is 76.7 Å². The highest BCUT2D eigenvalue weighted by atomic mass is 16.8. The van der Waals surface area contributed by atoms with Crippen LogP contribution in [0.1, 0.15) is 12.8 Å².